The van der Waals surface area contributed by atoms with Crippen LogP contribution in [0.15, 0.2) is 41.3 Å². The number of benzene rings is 2. The Bertz CT molecular complexity index is 799. The third kappa shape index (κ3) is 2.39. The monoisotopic (exact) mass is 326 g/mol. The molecule has 0 unspecified atom stereocenters. The lowest BCUT2D eigenvalue weighted by atomic mass is 10.1. The van der Waals surface area contributed by atoms with E-state index in [1.165, 1.54) is 4.31 Å². The van der Waals surface area contributed by atoms with Gasteiger partial charge in [-0.2, -0.15) is 4.31 Å². The van der Waals surface area contributed by atoms with Gasteiger partial charge in [0.25, 0.3) is 0 Å². The lowest BCUT2D eigenvalue weighted by molar-refractivity contribution is 0.431. The van der Waals surface area contributed by atoms with E-state index in [0.717, 1.165) is 23.3 Å². The van der Waals surface area contributed by atoms with Crippen LogP contribution in [0.25, 0.3) is 0 Å². The normalized spacial score (nSPS) is 15.1. The molecule has 21 heavy (non-hydrogen) atoms. The summed E-state index contributed by atoms with van der Waals surface area (Å²) >= 11 is 5.87. The Morgan fingerprint density at radius 1 is 1.14 bits per heavy atom. The molecule has 4 nitrogen and oxygen atoms in total. The molecule has 2 aromatic rings. The van der Waals surface area contributed by atoms with Crippen LogP contribution in [-0.2, 0) is 23.1 Å². The number of nitrogen functional groups attached to an aromatic ring is 1. The highest BCUT2D eigenvalue weighted by atomic mass is 35.5. The second-order valence-electron chi connectivity index (χ2n) is 4.85. The Kier molecular flexibility index (Phi) is 3.39. The maximum absolute atomic E-state index is 13.3. The van der Waals surface area contributed by atoms with Crippen molar-refractivity contribution in [3.05, 3.63) is 58.4 Å². The molecule has 1 aliphatic rings. The van der Waals surface area contributed by atoms with Crippen molar-refractivity contribution in [1.29, 1.82) is 0 Å². The molecule has 0 bridgehead atoms. The summed E-state index contributed by atoms with van der Waals surface area (Å²) in [5, 5.41) is -0.169. The predicted molar refractivity (Wildman–Crippen MR) is 78.7 cm³/mol. The number of fused-ring (bicyclic) bond motifs is 1. The molecule has 0 aromatic heterocycles. The lowest BCUT2D eigenvalue weighted by Gasteiger charge is -2.17. The first kappa shape index (κ1) is 14.3. The predicted octanol–water partition coefficient (Wildman–Crippen LogP) is 2.77. The number of hydrogen-bond donors (Lipinski definition) is 1. The van der Waals surface area contributed by atoms with E-state index in [1.807, 2.05) is 24.3 Å². The molecular formula is C14H12ClFN2O2S. The van der Waals surface area contributed by atoms with E-state index in [2.05, 4.69) is 0 Å². The van der Waals surface area contributed by atoms with E-state index < -0.39 is 15.8 Å². The van der Waals surface area contributed by atoms with Gasteiger partial charge in [0.05, 0.1) is 10.7 Å². The smallest absolute Gasteiger partial charge is 0.245 e. The fourth-order valence-corrected chi connectivity index (χ4v) is 4.27. The number of nitrogens with two attached hydrogens (primary N) is 1. The highest BCUT2D eigenvalue weighted by Gasteiger charge is 2.32. The average molecular weight is 327 g/mol. The minimum absolute atomic E-state index is 0.169. The molecule has 2 N–H and O–H groups in total. The zero-order chi connectivity index (χ0) is 15.2. The molecule has 0 radical (unpaired) electrons. The minimum atomic E-state index is -3.82. The third-order valence-electron chi connectivity index (χ3n) is 3.48. The number of nitrogens with zero attached hydrogens (tertiary/aromatic N) is 1. The van der Waals surface area contributed by atoms with Crippen molar-refractivity contribution >= 4 is 27.3 Å². The van der Waals surface area contributed by atoms with E-state index in [1.54, 1.807) is 0 Å². The largest absolute Gasteiger partial charge is 0.396 e. The highest BCUT2D eigenvalue weighted by molar-refractivity contribution is 7.89. The minimum Gasteiger partial charge on any atom is -0.396 e. The summed E-state index contributed by atoms with van der Waals surface area (Å²) in [6.07, 6.45) is 0. The van der Waals surface area contributed by atoms with Gasteiger partial charge in [0.2, 0.25) is 10.0 Å². The van der Waals surface area contributed by atoms with Crippen LogP contribution in [-0.4, -0.2) is 12.7 Å². The van der Waals surface area contributed by atoms with Crippen LogP contribution in [0.5, 0.6) is 0 Å². The molecule has 0 saturated heterocycles. The van der Waals surface area contributed by atoms with Crippen LogP contribution in [0.4, 0.5) is 10.1 Å². The molecule has 0 spiro atoms. The molecule has 2 aromatic carbocycles. The molecular weight excluding hydrogens is 315 g/mol. The van der Waals surface area contributed by atoms with Crippen molar-refractivity contribution in [1.82, 2.24) is 4.31 Å². The van der Waals surface area contributed by atoms with Gasteiger partial charge in [0.1, 0.15) is 10.7 Å². The summed E-state index contributed by atoms with van der Waals surface area (Å²) in [5.41, 5.74) is 7.11. The van der Waals surface area contributed by atoms with Crippen LogP contribution in [0.3, 0.4) is 0 Å². The standard InChI is InChI=1S/C14H12ClFN2O2S/c15-11-5-12(16)13(17)6-14(11)21(19,20)18-7-9-3-1-2-4-10(9)8-18/h1-6H,7-8,17H2. The van der Waals surface area contributed by atoms with Gasteiger partial charge >= 0.3 is 0 Å². The van der Waals surface area contributed by atoms with Crippen molar-refractivity contribution < 1.29 is 12.8 Å². The summed E-state index contributed by atoms with van der Waals surface area (Å²) in [4.78, 5) is -0.170. The maximum atomic E-state index is 13.3. The number of hydrogen-bond acceptors (Lipinski definition) is 3. The second kappa shape index (κ2) is 4.98. The van der Waals surface area contributed by atoms with Gasteiger partial charge in [-0.05, 0) is 23.3 Å². The van der Waals surface area contributed by atoms with Crippen molar-refractivity contribution in [2.45, 2.75) is 18.0 Å². The highest BCUT2D eigenvalue weighted by Crippen LogP contribution is 2.33. The quantitative estimate of drug-likeness (QED) is 0.863. The molecule has 0 atom stereocenters. The van der Waals surface area contributed by atoms with E-state index in [9.17, 15) is 12.8 Å². The van der Waals surface area contributed by atoms with Gasteiger partial charge in [-0.3, -0.25) is 0 Å². The molecule has 110 valence electrons. The molecule has 0 aliphatic carbocycles. The first-order valence-electron chi connectivity index (χ1n) is 6.21. The van der Waals surface area contributed by atoms with Crippen LogP contribution in [0.1, 0.15) is 11.1 Å². The zero-order valence-corrected chi connectivity index (χ0v) is 12.5. The van der Waals surface area contributed by atoms with E-state index in [0.29, 0.717) is 0 Å². The molecule has 0 amide bonds. The van der Waals surface area contributed by atoms with E-state index in [4.69, 9.17) is 17.3 Å². The van der Waals surface area contributed by atoms with Crippen molar-refractivity contribution in [2.24, 2.45) is 0 Å². The Morgan fingerprint density at radius 3 is 2.29 bits per heavy atom. The first-order chi connectivity index (χ1) is 9.89. The van der Waals surface area contributed by atoms with Gasteiger partial charge in [-0.25, -0.2) is 12.8 Å². The fraction of sp³-hybridized carbons (Fsp3) is 0.143. The fourth-order valence-electron chi connectivity index (χ4n) is 2.35. The number of halogens is 2. The van der Waals surface area contributed by atoms with Gasteiger partial charge in [-0.1, -0.05) is 35.9 Å². The Morgan fingerprint density at radius 2 is 1.71 bits per heavy atom. The summed E-state index contributed by atoms with van der Waals surface area (Å²) in [5.74, 6) is -0.733. The van der Waals surface area contributed by atoms with Gasteiger partial charge in [0, 0.05) is 13.1 Å². The molecule has 0 saturated carbocycles. The molecule has 3 rings (SSSR count). The summed E-state index contributed by atoms with van der Waals surface area (Å²) in [7, 11) is -3.82. The SMILES string of the molecule is Nc1cc(S(=O)(=O)N2Cc3ccccc3C2)c(Cl)cc1F. The van der Waals surface area contributed by atoms with Crippen molar-refractivity contribution in [2.75, 3.05) is 5.73 Å². The van der Waals surface area contributed by atoms with E-state index in [-0.39, 0.29) is 28.7 Å². The molecule has 7 heteroatoms. The zero-order valence-electron chi connectivity index (χ0n) is 10.9. The number of rotatable bonds is 2. The van der Waals surface area contributed by atoms with Crippen LogP contribution in [0.2, 0.25) is 5.02 Å². The van der Waals surface area contributed by atoms with Gasteiger partial charge in [-0.15, -0.1) is 0 Å². The lowest BCUT2D eigenvalue weighted by Crippen LogP contribution is -2.26. The third-order valence-corrected chi connectivity index (χ3v) is 5.74. The Labute approximate surface area is 127 Å². The first-order valence-corrected chi connectivity index (χ1v) is 8.03. The topological polar surface area (TPSA) is 63.4 Å². The maximum Gasteiger partial charge on any atom is 0.245 e. The summed E-state index contributed by atoms with van der Waals surface area (Å²) in [6.45, 7) is 0.540. The molecule has 0 fully saturated rings. The summed E-state index contributed by atoms with van der Waals surface area (Å²) < 4.78 is 39.9. The van der Waals surface area contributed by atoms with Crippen LogP contribution >= 0.6 is 11.6 Å². The van der Waals surface area contributed by atoms with E-state index >= 15 is 0 Å². The number of anilines is 1. The van der Waals surface area contributed by atoms with Crippen molar-refractivity contribution in [3.8, 4) is 0 Å². The van der Waals surface area contributed by atoms with Crippen LogP contribution in [0, 0.1) is 5.82 Å². The van der Waals surface area contributed by atoms with Gasteiger partial charge in [0.15, 0.2) is 0 Å². The summed E-state index contributed by atoms with van der Waals surface area (Å²) in [6, 6.07) is 9.47. The van der Waals surface area contributed by atoms with Crippen LogP contribution < -0.4 is 5.73 Å². The van der Waals surface area contributed by atoms with Crippen molar-refractivity contribution in [3.63, 3.8) is 0 Å². The van der Waals surface area contributed by atoms with Gasteiger partial charge < -0.3 is 5.73 Å². The number of sulfonamides is 1. The average Bonchev–Trinajstić information content (AvgIpc) is 2.87. The molecule has 1 heterocycles. The molecule has 1 aliphatic heterocycles. The second-order valence-corrected chi connectivity index (χ2v) is 7.16. The Hall–Kier alpha value is -1.63. The Balaban J connectivity index is 2.02.